The Morgan fingerprint density at radius 1 is 1.86 bits per heavy atom. The topological polar surface area (TPSA) is 26.0 Å². The van der Waals surface area contributed by atoms with Crippen molar-refractivity contribution >= 4 is 12.4 Å². The van der Waals surface area contributed by atoms with Crippen molar-refractivity contribution in [3.05, 3.63) is 0 Å². The summed E-state index contributed by atoms with van der Waals surface area (Å²) in [7, 11) is 0. The second-order valence-electron chi connectivity index (χ2n) is 1.18. The molecule has 0 saturated heterocycles. The molecule has 0 aromatic rings. The SMILES string of the molecule is C#CC(N)CC.Cl. The Morgan fingerprint density at radius 2 is 2.29 bits per heavy atom. The molecule has 1 atom stereocenters. The zero-order chi connectivity index (χ0) is 4.99. The molecule has 0 saturated carbocycles. The van der Waals surface area contributed by atoms with Crippen molar-refractivity contribution in [1.29, 1.82) is 0 Å². The lowest BCUT2D eigenvalue weighted by Gasteiger charge is -1.91. The summed E-state index contributed by atoms with van der Waals surface area (Å²) >= 11 is 0. The molecule has 7 heavy (non-hydrogen) atoms. The summed E-state index contributed by atoms with van der Waals surface area (Å²) in [5.41, 5.74) is 5.24. The third kappa shape index (κ3) is 5.81. The zero-order valence-electron chi connectivity index (χ0n) is 4.35. The fraction of sp³-hybridized carbons (Fsp3) is 0.600. The third-order valence-electron chi connectivity index (χ3n) is 0.654. The van der Waals surface area contributed by atoms with Gasteiger partial charge in [0.15, 0.2) is 0 Å². The molecular weight excluding hydrogens is 110 g/mol. The first-order valence-corrected chi connectivity index (χ1v) is 2.03. The van der Waals surface area contributed by atoms with Gasteiger partial charge >= 0.3 is 0 Å². The maximum Gasteiger partial charge on any atom is 0.0659 e. The van der Waals surface area contributed by atoms with Gasteiger partial charge in [-0.1, -0.05) is 12.8 Å². The van der Waals surface area contributed by atoms with E-state index in [1.807, 2.05) is 6.92 Å². The summed E-state index contributed by atoms with van der Waals surface area (Å²) < 4.78 is 0. The molecule has 0 aromatic heterocycles. The highest BCUT2D eigenvalue weighted by molar-refractivity contribution is 5.85. The van der Waals surface area contributed by atoms with E-state index in [2.05, 4.69) is 5.92 Å². The van der Waals surface area contributed by atoms with Crippen LogP contribution in [0.15, 0.2) is 0 Å². The van der Waals surface area contributed by atoms with Crippen LogP contribution in [0.5, 0.6) is 0 Å². The van der Waals surface area contributed by atoms with Crippen LogP contribution < -0.4 is 5.73 Å². The molecule has 0 aliphatic rings. The van der Waals surface area contributed by atoms with Crippen molar-refractivity contribution in [2.75, 3.05) is 0 Å². The highest BCUT2D eigenvalue weighted by Gasteiger charge is 1.84. The molecule has 42 valence electrons. The largest absolute Gasteiger partial charge is 0.318 e. The van der Waals surface area contributed by atoms with Crippen LogP contribution in [0.1, 0.15) is 13.3 Å². The first kappa shape index (κ1) is 9.94. The normalized spacial score (nSPS) is 11.0. The minimum absolute atomic E-state index is 0. The Morgan fingerprint density at radius 3 is 2.29 bits per heavy atom. The van der Waals surface area contributed by atoms with Gasteiger partial charge in [0.2, 0.25) is 0 Å². The average Bonchev–Trinajstić information content (AvgIpc) is 1.65. The lowest BCUT2D eigenvalue weighted by Crippen LogP contribution is -2.14. The van der Waals surface area contributed by atoms with Gasteiger partial charge < -0.3 is 5.73 Å². The van der Waals surface area contributed by atoms with Crippen LogP contribution in [0.4, 0.5) is 0 Å². The highest BCUT2D eigenvalue weighted by atomic mass is 35.5. The van der Waals surface area contributed by atoms with E-state index in [1.165, 1.54) is 0 Å². The van der Waals surface area contributed by atoms with E-state index in [1.54, 1.807) is 0 Å². The fourth-order valence-electron chi connectivity index (χ4n) is 0.118. The van der Waals surface area contributed by atoms with Crippen molar-refractivity contribution < 1.29 is 0 Å². The fourth-order valence-corrected chi connectivity index (χ4v) is 0.118. The van der Waals surface area contributed by atoms with Crippen LogP contribution in [-0.2, 0) is 0 Å². The number of nitrogens with two attached hydrogens (primary N) is 1. The minimum Gasteiger partial charge on any atom is -0.318 e. The minimum atomic E-state index is -0.0370. The van der Waals surface area contributed by atoms with Crippen molar-refractivity contribution in [2.24, 2.45) is 5.73 Å². The van der Waals surface area contributed by atoms with Crippen molar-refractivity contribution in [1.82, 2.24) is 0 Å². The molecule has 0 aromatic carbocycles. The van der Waals surface area contributed by atoms with Crippen LogP contribution in [0, 0.1) is 12.3 Å². The Balaban J connectivity index is 0. The van der Waals surface area contributed by atoms with Gasteiger partial charge in [-0.2, -0.15) is 0 Å². The van der Waals surface area contributed by atoms with Gasteiger partial charge in [0.05, 0.1) is 6.04 Å². The average molecular weight is 120 g/mol. The molecule has 0 spiro atoms. The molecule has 0 aliphatic carbocycles. The molecule has 0 rings (SSSR count). The van der Waals surface area contributed by atoms with E-state index in [0.29, 0.717) is 0 Å². The molecule has 1 nitrogen and oxygen atoms in total. The van der Waals surface area contributed by atoms with E-state index >= 15 is 0 Å². The molecule has 0 amide bonds. The first-order chi connectivity index (χ1) is 2.81. The summed E-state index contributed by atoms with van der Waals surface area (Å²) in [6, 6.07) is -0.0370. The van der Waals surface area contributed by atoms with Gasteiger partial charge in [0, 0.05) is 0 Å². The van der Waals surface area contributed by atoms with Crippen LogP contribution >= 0.6 is 12.4 Å². The number of terminal acetylenes is 1. The van der Waals surface area contributed by atoms with Gasteiger partial charge in [-0.25, -0.2) is 0 Å². The summed E-state index contributed by atoms with van der Waals surface area (Å²) in [5, 5.41) is 0. The molecule has 2 N–H and O–H groups in total. The van der Waals surface area contributed by atoms with Gasteiger partial charge in [0.25, 0.3) is 0 Å². The second-order valence-corrected chi connectivity index (χ2v) is 1.18. The predicted octanol–water partition coefficient (Wildman–Crippen LogP) is 0.779. The smallest absolute Gasteiger partial charge is 0.0659 e. The zero-order valence-corrected chi connectivity index (χ0v) is 5.16. The maximum atomic E-state index is 5.24. The van der Waals surface area contributed by atoms with E-state index in [0.717, 1.165) is 6.42 Å². The van der Waals surface area contributed by atoms with E-state index in [4.69, 9.17) is 12.2 Å². The Hall–Kier alpha value is -0.190. The van der Waals surface area contributed by atoms with E-state index < -0.39 is 0 Å². The van der Waals surface area contributed by atoms with Crippen molar-refractivity contribution in [3.63, 3.8) is 0 Å². The van der Waals surface area contributed by atoms with Crippen LogP contribution in [0.2, 0.25) is 0 Å². The number of rotatable bonds is 1. The molecule has 0 radical (unpaired) electrons. The summed E-state index contributed by atoms with van der Waals surface area (Å²) in [4.78, 5) is 0. The van der Waals surface area contributed by atoms with Crippen molar-refractivity contribution in [3.8, 4) is 12.3 Å². The number of halogens is 1. The Labute approximate surface area is 50.7 Å². The molecule has 1 unspecified atom stereocenters. The van der Waals surface area contributed by atoms with Crippen LogP contribution in [0.25, 0.3) is 0 Å². The lowest BCUT2D eigenvalue weighted by atomic mass is 10.3. The number of hydrogen-bond acceptors (Lipinski definition) is 1. The Bertz CT molecular complexity index is 65.0. The van der Waals surface area contributed by atoms with Gasteiger partial charge in [-0.15, -0.1) is 18.8 Å². The molecule has 2 heteroatoms. The summed E-state index contributed by atoms with van der Waals surface area (Å²) in [5.74, 6) is 2.39. The highest BCUT2D eigenvalue weighted by Crippen LogP contribution is 1.77. The van der Waals surface area contributed by atoms with Crippen molar-refractivity contribution in [2.45, 2.75) is 19.4 Å². The quantitative estimate of drug-likeness (QED) is 0.508. The second kappa shape index (κ2) is 5.81. The van der Waals surface area contributed by atoms with Crippen LogP contribution in [0.3, 0.4) is 0 Å². The van der Waals surface area contributed by atoms with Gasteiger partial charge in [0.1, 0.15) is 0 Å². The summed E-state index contributed by atoms with van der Waals surface area (Å²) in [6.07, 6.45) is 5.78. The monoisotopic (exact) mass is 119 g/mol. The molecular formula is C5H10ClN. The molecule has 0 fully saturated rings. The number of hydrogen-bond donors (Lipinski definition) is 1. The Kier molecular flexibility index (Phi) is 8.25. The molecule has 0 heterocycles. The standard InChI is InChI=1S/C5H9N.ClH/c1-3-5(6)4-2;/h1,5H,4,6H2,2H3;1H. The van der Waals surface area contributed by atoms with Crippen LogP contribution in [-0.4, -0.2) is 6.04 Å². The van der Waals surface area contributed by atoms with Gasteiger partial charge in [-0.3, -0.25) is 0 Å². The first-order valence-electron chi connectivity index (χ1n) is 2.03. The van der Waals surface area contributed by atoms with E-state index in [9.17, 15) is 0 Å². The third-order valence-corrected chi connectivity index (χ3v) is 0.654. The molecule has 0 aliphatic heterocycles. The lowest BCUT2D eigenvalue weighted by molar-refractivity contribution is 0.807. The maximum absolute atomic E-state index is 5.24. The summed E-state index contributed by atoms with van der Waals surface area (Å²) in [6.45, 7) is 1.96. The molecule has 0 bridgehead atoms. The predicted molar refractivity (Wildman–Crippen MR) is 34.3 cm³/mol. The van der Waals surface area contributed by atoms with E-state index in [-0.39, 0.29) is 18.4 Å². The van der Waals surface area contributed by atoms with Gasteiger partial charge in [-0.05, 0) is 6.42 Å².